The molecule has 5 nitrogen and oxygen atoms in total. The monoisotopic (exact) mass is 388 g/mol. The van der Waals surface area contributed by atoms with Crippen molar-refractivity contribution in [1.29, 1.82) is 0 Å². The Labute approximate surface area is 163 Å². The van der Waals surface area contributed by atoms with Crippen molar-refractivity contribution in [2.24, 2.45) is 4.99 Å². The van der Waals surface area contributed by atoms with Gasteiger partial charge < -0.3 is 20.3 Å². The number of hydrogen-bond acceptors (Lipinski definition) is 6. The van der Waals surface area contributed by atoms with Crippen LogP contribution in [0.5, 0.6) is 0 Å². The zero-order valence-electron chi connectivity index (χ0n) is 15.7. The first-order valence-corrected chi connectivity index (χ1v) is 10.3. The maximum absolute atomic E-state index is 13.7. The average Bonchev–Trinajstić information content (AvgIpc) is 2.94. The van der Waals surface area contributed by atoms with Crippen molar-refractivity contribution in [3.05, 3.63) is 40.5 Å². The number of nitrogens with zero attached hydrogens (tertiary/aromatic N) is 2. The summed E-state index contributed by atoms with van der Waals surface area (Å²) in [5.74, 6) is 0.711. The Hall–Kier alpha value is -1.96. The number of halogens is 1. The molecule has 0 aliphatic carbocycles. The zero-order chi connectivity index (χ0) is 18.8. The molecule has 3 heterocycles. The number of hydrogen-bond donors (Lipinski definition) is 2. The van der Waals surface area contributed by atoms with E-state index < -0.39 is 0 Å². The van der Waals surface area contributed by atoms with Gasteiger partial charge in [-0.05, 0) is 44.5 Å². The van der Waals surface area contributed by atoms with Crippen molar-refractivity contribution in [3.63, 3.8) is 0 Å². The maximum atomic E-state index is 13.7. The molecule has 1 atom stereocenters. The number of nitrogens with one attached hydrogen (secondary N) is 2. The lowest BCUT2D eigenvalue weighted by Gasteiger charge is -2.35. The van der Waals surface area contributed by atoms with Crippen molar-refractivity contribution >= 4 is 33.5 Å². The number of amidine groups is 1. The lowest BCUT2D eigenvalue weighted by Crippen LogP contribution is -2.53. The summed E-state index contributed by atoms with van der Waals surface area (Å²) in [6.07, 6.45) is 0.979. The van der Waals surface area contributed by atoms with Crippen LogP contribution in [0.1, 0.15) is 23.8 Å². The van der Waals surface area contributed by atoms with E-state index in [0.717, 1.165) is 67.0 Å². The number of anilines is 2. The summed E-state index contributed by atoms with van der Waals surface area (Å²) in [7, 11) is 0. The van der Waals surface area contributed by atoms with Crippen LogP contribution < -0.4 is 10.6 Å². The van der Waals surface area contributed by atoms with Crippen LogP contribution in [0.2, 0.25) is 0 Å². The fourth-order valence-corrected chi connectivity index (χ4v) is 4.52. The second kappa shape index (κ2) is 7.96. The Balaban J connectivity index is 1.66. The molecule has 0 radical (unpaired) electrons. The zero-order valence-corrected chi connectivity index (χ0v) is 16.5. The first kappa shape index (κ1) is 18.4. The Morgan fingerprint density at radius 2 is 2.26 bits per heavy atom. The Morgan fingerprint density at radius 1 is 1.37 bits per heavy atom. The topological polar surface area (TPSA) is 48.9 Å². The Morgan fingerprint density at radius 3 is 3.11 bits per heavy atom. The van der Waals surface area contributed by atoms with E-state index in [4.69, 9.17) is 9.73 Å². The molecule has 0 unspecified atom stereocenters. The normalized spacial score (nSPS) is 19.0. The van der Waals surface area contributed by atoms with Gasteiger partial charge in [-0.1, -0.05) is 0 Å². The molecule has 4 rings (SSSR count). The molecule has 1 aromatic carbocycles. The van der Waals surface area contributed by atoms with Gasteiger partial charge in [0.05, 0.1) is 16.9 Å². The van der Waals surface area contributed by atoms with Gasteiger partial charge in [0.15, 0.2) is 0 Å². The van der Waals surface area contributed by atoms with E-state index in [1.54, 1.807) is 17.4 Å². The Bertz CT molecular complexity index is 851. The van der Waals surface area contributed by atoms with Gasteiger partial charge in [0.1, 0.15) is 16.7 Å². The van der Waals surface area contributed by atoms with E-state index in [-0.39, 0.29) is 5.82 Å². The second-order valence-corrected chi connectivity index (χ2v) is 8.16. The molecule has 2 aliphatic rings. The standard InChI is InChI=1S/C20H25FN4OS/c1-3-26-9-6-15-12-25(8-7-22-15)19-16-10-13(2)27-20(16)24-18-11-14(21)4-5-17(18)23-19/h4-5,10-11,15,22,24H,3,6-9,12H2,1-2H3/t15-/m0/s1. The second-order valence-electron chi connectivity index (χ2n) is 6.90. The van der Waals surface area contributed by atoms with Gasteiger partial charge in [0, 0.05) is 43.8 Å². The molecule has 0 bridgehead atoms. The molecule has 2 aromatic rings. The van der Waals surface area contributed by atoms with Crippen molar-refractivity contribution in [2.75, 3.05) is 38.2 Å². The van der Waals surface area contributed by atoms with E-state index in [0.29, 0.717) is 6.04 Å². The predicted molar refractivity (Wildman–Crippen MR) is 109 cm³/mol. The van der Waals surface area contributed by atoms with E-state index in [9.17, 15) is 4.39 Å². The molecule has 144 valence electrons. The molecular formula is C20H25FN4OS. The van der Waals surface area contributed by atoms with Crippen molar-refractivity contribution in [2.45, 2.75) is 26.3 Å². The molecule has 0 spiro atoms. The van der Waals surface area contributed by atoms with Crippen molar-refractivity contribution < 1.29 is 9.13 Å². The highest BCUT2D eigenvalue weighted by Crippen LogP contribution is 2.39. The highest BCUT2D eigenvalue weighted by Gasteiger charge is 2.27. The molecule has 7 heteroatoms. The van der Waals surface area contributed by atoms with E-state index >= 15 is 0 Å². The van der Waals surface area contributed by atoms with Gasteiger partial charge in [0.25, 0.3) is 0 Å². The SMILES string of the molecule is CCOCC[C@H]1CN(C2=Nc3ccc(F)cc3Nc3sc(C)cc32)CCN1. The molecule has 0 saturated carbocycles. The predicted octanol–water partition coefficient (Wildman–Crippen LogP) is 4.03. The summed E-state index contributed by atoms with van der Waals surface area (Å²) in [5, 5.41) is 8.00. The highest BCUT2D eigenvalue weighted by atomic mass is 32.1. The third-order valence-corrected chi connectivity index (χ3v) is 5.87. The minimum absolute atomic E-state index is 0.257. The summed E-state index contributed by atoms with van der Waals surface area (Å²) in [5.41, 5.74) is 2.59. The first-order chi connectivity index (χ1) is 13.1. The van der Waals surface area contributed by atoms with Crippen LogP contribution in [-0.4, -0.2) is 49.6 Å². The van der Waals surface area contributed by atoms with Crippen LogP contribution in [0.4, 0.5) is 20.8 Å². The molecule has 1 saturated heterocycles. The summed E-state index contributed by atoms with van der Waals surface area (Å²) in [4.78, 5) is 8.51. The summed E-state index contributed by atoms with van der Waals surface area (Å²) in [6.45, 7) is 8.33. The van der Waals surface area contributed by atoms with Gasteiger partial charge in [-0.2, -0.15) is 0 Å². The van der Waals surface area contributed by atoms with Gasteiger partial charge in [-0.25, -0.2) is 9.38 Å². The summed E-state index contributed by atoms with van der Waals surface area (Å²) >= 11 is 1.68. The average molecular weight is 389 g/mol. The Kier molecular flexibility index (Phi) is 5.43. The number of thiophene rings is 1. The van der Waals surface area contributed by atoms with Crippen molar-refractivity contribution in [1.82, 2.24) is 10.2 Å². The van der Waals surface area contributed by atoms with E-state index in [1.807, 2.05) is 6.92 Å². The van der Waals surface area contributed by atoms with Crippen LogP contribution in [0.25, 0.3) is 0 Å². The highest BCUT2D eigenvalue weighted by molar-refractivity contribution is 7.16. The van der Waals surface area contributed by atoms with E-state index in [1.165, 1.54) is 17.0 Å². The van der Waals surface area contributed by atoms with Crippen molar-refractivity contribution in [3.8, 4) is 0 Å². The third-order valence-electron chi connectivity index (χ3n) is 4.90. The molecule has 1 aromatic heterocycles. The molecule has 1 fully saturated rings. The van der Waals surface area contributed by atoms with Gasteiger partial charge >= 0.3 is 0 Å². The number of ether oxygens (including phenoxy) is 1. The summed E-state index contributed by atoms with van der Waals surface area (Å²) in [6, 6.07) is 7.28. The molecular weight excluding hydrogens is 363 g/mol. The molecule has 2 aliphatic heterocycles. The van der Waals surface area contributed by atoms with Crippen LogP contribution in [-0.2, 0) is 4.74 Å². The minimum Gasteiger partial charge on any atom is -0.382 e. The minimum atomic E-state index is -0.257. The van der Waals surface area contributed by atoms with Gasteiger partial charge in [-0.15, -0.1) is 11.3 Å². The summed E-state index contributed by atoms with van der Waals surface area (Å²) < 4.78 is 19.3. The number of piperazine rings is 1. The van der Waals surface area contributed by atoms with Gasteiger partial charge in [0.2, 0.25) is 0 Å². The van der Waals surface area contributed by atoms with Crippen LogP contribution in [0.3, 0.4) is 0 Å². The van der Waals surface area contributed by atoms with Gasteiger partial charge in [-0.3, -0.25) is 0 Å². The number of fused-ring (bicyclic) bond motifs is 2. The number of aliphatic imine (C=N–C) groups is 1. The largest absolute Gasteiger partial charge is 0.382 e. The third kappa shape index (κ3) is 4.00. The number of rotatable bonds is 4. The molecule has 0 amide bonds. The smallest absolute Gasteiger partial charge is 0.139 e. The number of benzene rings is 1. The molecule has 2 N–H and O–H groups in total. The first-order valence-electron chi connectivity index (χ1n) is 9.46. The maximum Gasteiger partial charge on any atom is 0.139 e. The number of aryl methyl sites for hydroxylation is 1. The van der Waals surface area contributed by atoms with Crippen LogP contribution in [0.15, 0.2) is 29.3 Å². The quantitative estimate of drug-likeness (QED) is 0.777. The van der Waals surface area contributed by atoms with E-state index in [2.05, 4.69) is 28.5 Å². The van der Waals surface area contributed by atoms with Crippen LogP contribution in [0, 0.1) is 12.7 Å². The fraction of sp³-hybridized carbons (Fsp3) is 0.450. The molecule has 27 heavy (non-hydrogen) atoms. The van der Waals surface area contributed by atoms with Crippen LogP contribution >= 0.6 is 11.3 Å². The lowest BCUT2D eigenvalue weighted by atomic mass is 10.1. The fourth-order valence-electron chi connectivity index (χ4n) is 3.60. The lowest BCUT2D eigenvalue weighted by molar-refractivity contribution is 0.128.